The highest BCUT2D eigenvalue weighted by atomic mass is 32.2. The Morgan fingerprint density at radius 1 is 1.30 bits per heavy atom. The monoisotopic (exact) mass is 296 g/mol. The number of aromatic nitrogens is 1. The van der Waals surface area contributed by atoms with E-state index >= 15 is 0 Å². The molecule has 0 aromatic carbocycles. The molecule has 1 aromatic rings. The van der Waals surface area contributed by atoms with Gasteiger partial charge in [0.2, 0.25) is 0 Å². The molecule has 0 saturated heterocycles. The Hall–Kier alpha value is -0.480. The maximum atomic E-state index is 5.97. The minimum Gasteiger partial charge on any atom is -0.437 e. The summed E-state index contributed by atoms with van der Waals surface area (Å²) in [7, 11) is 0. The molecule has 1 fully saturated rings. The lowest BCUT2D eigenvalue weighted by molar-refractivity contribution is 0.157. The highest BCUT2D eigenvalue weighted by Gasteiger charge is 2.36. The molecule has 0 bridgehead atoms. The van der Waals surface area contributed by atoms with Gasteiger partial charge >= 0.3 is 0 Å². The summed E-state index contributed by atoms with van der Waals surface area (Å²) < 4.78 is 5.74. The zero-order valence-electron chi connectivity index (χ0n) is 13.4. The minimum absolute atomic E-state index is 0.376. The summed E-state index contributed by atoms with van der Waals surface area (Å²) in [6.45, 7) is 11.8. The summed E-state index contributed by atoms with van der Waals surface area (Å²) in [6.07, 6.45) is 3.75. The van der Waals surface area contributed by atoms with Crippen LogP contribution in [0.1, 0.15) is 51.5 Å². The van der Waals surface area contributed by atoms with Crippen LogP contribution in [0.4, 0.5) is 0 Å². The van der Waals surface area contributed by atoms with E-state index in [9.17, 15) is 0 Å². The number of hydrogen-bond donors (Lipinski definition) is 1. The first-order valence-corrected chi connectivity index (χ1v) is 8.50. The second-order valence-electron chi connectivity index (χ2n) is 7.15. The normalized spacial score (nSPS) is 27.8. The maximum absolute atomic E-state index is 5.97. The number of aryl methyl sites for hydroxylation is 2. The third-order valence-corrected chi connectivity index (χ3v) is 5.97. The van der Waals surface area contributed by atoms with Crippen LogP contribution in [0.3, 0.4) is 0 Å². The molecule has 3 nitrogen and oxygen atoms in total. The van der Waals surface area contributed by atoms with Gasteiger partial charge in [-0.3, -0.25) is 0 Å². The van der Waals surface area contributed by atoms with Gasteiger partial charge in [-0.1, -0.05) is 32.5 Å². The molecule has 114 valence electrons. The number of hydrogen-bond acceptors (Lipinski definition) is 4. The molecule has 0 radical (unpaired) electrons. The van der Waals surface area contributed by atoms with Crippen LogP contribution >= 0.6 is 11.8 Å². The summed E-state index contributed by atoms with van der Waals surface area (Å²) in [4.78, 5) is 4.52. The summed E-state index contributed by atoms with van der Waals surface area (Å²) in [6, 6.07) is 0. The van der Waals surface area contributed by atoms with Gasteiger partial charge in [0.05, 0.1) is 5.69 Å². The zero-order valence-corrected chi connectivity index (χ0v) is 14.2. The molecule has 4 heteroatoms. The molecule has 1 aliphatic carbocycles. The summed E-state index contributed by atoms with van der Waals surface area (Å²) in [5.74, 6) is 2.28. The Kier molecular flexibility index (Phi) is 4.85. The topological polar surface area (TPSA) is 52.0 Å². The highest BCUT2D eigenvalue weighted by molar-refractivity contribution is 7.99. The van der Waals surface area contributed by atoms with Crippen molar-refractivity contribution in [2.75, 3.05) is 6.54 Å². The van der Waals surface area contributed by atoms with Crippen LogP contribution in [-0.4, -0.2) is 16.8 Å². The zero-order chi connectivity index (χ0) is 14.9. The van der Waals surface area contributed by atoms with Crippen LogP contribution in [0.5, 0.6) is 0 Å². The molecule has 2 rings (SSSR count). The summed E-state index contributed by atoms with van der Waals surface area (Å²) >= 11 is 1.79. The van der Waals surface area contributed by atoms with E-state index in [-0.39, 0.29) is 0 Å². The van der Waals surface area contributed by atoms with Gasteiger partial charge in [0, 0.05) is 5.25 Å². The van der Waals surface area contributed by atoms with E-state index in [2.05, 4.69) is 25.8 Å². The van der Waals surface area contributed by atoms with Crippen molar-refractivity contribution < 1.29 is 4.42 Å². The van der Waals surface area contributed by atoms with E-state index in [0.717, 1.165) is 29.1 Å². The number of thioether (sulfide) groups is 1. The fourth-order valence-electron chi connectivity index (χ4n) is 3.02. The molecule has 20 heavy (non-hydrogen) atoms. The Bertz CT molecular complexity index is 430. The van der Waals surface area contributed by atoms with Crippen LogP contribution in [0.2, 0.25) is 0 Å². The maximum Gasteiger partial charge on any atom is 0.256 e. The van der Waals surface area contributed by atoms with Crippen LogP contribution in [0, 0.1) is 31.1 Å². The van der Waals surface area contributed by atoms with Gasteiger partial charge < -0.3 is 10.2 Å². The molecule has 2 N–H and O–H groups in total. The SMILES string of the molecule is Cc1nc(SC2CC(C(C)(C)C)CCC2CN)oc1C. The van der Waals surface area contributed by atoms with E-state index in [4.69, 9.17) is 10.2 Å². The van der Waals surface area contributed by atoms with Crippen LogP contribution < -0.4 is 5.73 Å². The van der Waals surface area contributed by atoms with Crippen molar-refractivity contribution in [2.45, 2.75) is 64.4 Å². The molecule has 3 atom stereocenters. The fraction of sp³-hybridized carbons (Fsp3) is 0.812. The molecule has 1 aliphatic rings. The average Bonchev–Trinajstić information content (AvgIpc) is 2.67. The van der Waals surface area contributed by atoms with Gasteiger partial charge in [0.1, 0.15) is 5.76 Å². The van der Waals surface area contributed by atoms with Gasteiger partial charge in [0.25, 0.3) is 5.22 Å². The van der Waals surface area contributed by atoms with Crippen LogP contribution in [-0.2, 0) is 0 Å². The van der Waals surface area contributed by atoms with Crippen molar-refractivity contribution in [1.82, 2.24) is 4.98 Å². The first-order valence-electron chi connectivity index (χ1n) is 7.62. The largest absolute Gasteiger partial charge is 0.437 e. The summed E-state index contributed by atoms with van der Waals surface area (Å²) in [5, 5.41) is 1.36. The van der Waals surface area contributed by atoms with Gasteiger partial charge in [-0.2, -0.15) is 0 Å². The van der Waals surface area contributed by atoms with Gasteiger partial charge in [-0.25, -0.2) is 4.98 Å². The van der Waals surface area contributed by atoms with Crippen molar-refractivity contribution in [3.8, 4) is 0 Å². The molecule has 0 amide bonds. The minimum atomic E-state index is 0.376. The summed E-state index contributed by atoms with van der Waals surface area (Å²) in [5.41, 5.74) is 7.35. The predicted molar refractivity (Wildman–Crippen MR) is 85.0 cm³/mol. The highest BCUT2D eigenvalue weighted by Crippen LogP contribution is 2.45. The van der Waals surface area contributed by atoms with Gasteiger partial charge in [0.15, 0.2) is 0 Å². The quantitative estimate of drug-likeness (QED) is 0.909. The van der Waals surface area contributed by atoms with Crippen molar-refractivity contribution in [3.05, 3.63) is 11.5 Å². The van der Waals surface area contributed by atoms with Gasteiger partial charge in [-0.05, 0) is 56.9 Å². The number of nitrogens with two attached hydrogens (primary N) is 1. The average molecular weight is 296 g/mol. The molecule has 1 saturated carbocycles. The van der Waals surface area contributed by atoms with E-state index in [1.807, 2.05) is 13.8 Å². The standard InChI is InChI=1S/C16H28N2OS/c1-10-11(2)19-15(18-10)20-14-8-13(16(3,4)5)7-6-12(14)9-17/h12-14H,6-9,17H2,1-5H3. The Balaban J connectivity index is 2.09. The third kappa shape index (κ3) is 3.59. The van der Waals surface area contributed by atoms with E-state index in [1.54, 1.807) is 11.8 Å². The number of oxazole rings is 1. The lowest BCUT2D eigenvalue weighted by Crippen LogP contribution is -2.36. The van der Waals surface area contributed by atoms with E-state index < -0.39 is 0 Å². The van der Waals surface area contributed by atoms with E-state index in [0.29, 0.717) is 16.6 Å². The Labute approximate surface area is 127 Å². The fourth-order valence-corrected chi connectivity index (χ4v) is 4.41. The lowest BCUT2D eigenvalue weighted by atomic mass is 9.69. The first kappa shape index (κ1) is 15.9. The third-order valence-electron chi connectivity index (χ3n) is 4.72. The van der Waals surface area contributed by atoms with Gasteiger partial charge in [-0.15, -0.1) is 0 Å². The molecule has 1 heterocycles. The molecule has 0 spiro atoms. The van der Waals surface area contributed by atoms with Crippen molar-refractivity contribution in [3.63, 3.8) is 0 Å². The Morgan fingerprint density at radius 3 is 2.50 bits per heavy atom. The second kappa shape index (κ2) is 6.10. The van der Waals surface area contributed by atoms with Crippen LogP contribution in [0.25, 0.3) is 0 Å². The second-order valence-corrected chi connectivity index (χ2v) is 8.34. The number of nitrogens with zero attached hydrogens (tertiary/aromatic N) is 1. The Morgan fingerprint density at radius 2 is 2.00 bits per heavy atom. The predicted octanol–water partition coefficient (Wildman–Crippen LogP) is 4.17. The van der Waals surface area contributed by atoms with Crippen molar-refractivity contribution in [1.29, 1.82) is 0 Å². The van der Waals surface area contributed by atoms with Crippen molar-refractivity contribution in [2.24, 2.45) is 23.0 Å². The van der Waals surface area contributed by atoms with Crippen LogP contribution in [0.15, 0.2) is 9.64 Å². The molecular formula is C16H28N2OS. The lowest BCUT2D eigenvalue weighted by Gasteiger charge is -2.40. The van der Waals surface area contributed by atoms with E-state index in [1.165, 1.54) is 19.3 Å². The molecule has 1 aromatic heterocycles. The number of rotatable bonds is 3. The van der Waals surface area contributed by atoms with Crippen molar-refractivity contribution >= 4 is 11.8 Å². The first-order chi connectivity index (χ1) is 9.31. The molecule has 0 aliphatic heterocycles. The smallest absolute Gasteiger partial charge is 0.256 e. The molecule has 3 unspecified atom stereocenters. The molecular weight excluding hydrogens is 268 g/mol.